The quantitative estimate of drug-likeness (QED) is 0.424. The van der Waals surface area contributed by atoms with Gasteiger partial charge < -0.3 is 4.29 Å². The van der Waals surface area contributed by atoms with Crippen LogP contribution in [0.5, 0.6) is 0 Å². The molecule has 0 saturated carbocycles. The lowest BCUT2D eigenvalue weighted by Crippen LogP contribution is -1.83. The summed E-state index contributed by atoms with van der Waals surface area (Å²) in [6.45, 7) is 3.04. The van der Waals surface area contributed by atoms with E-state index in [0.29, 0.717) is 5.76 Å². The van der Waals surface area contributed by atoms with E-state index in [9.17, 15) is 4.79 Å². The fraction of sp³-hybridized carbons (Fsp3) is 0.400. The monoisotopic (exact) mass is 134 g/mol. The van der Waals surface area contributed by atoms with E-state index in [0.717, 1.165) is 0 Å². The molecule has 0 N–H and O–H groups in total. The zero-order chi connectivity index (χ0) is 6.57. The Balaban J connectivity index is 3.75. The van der Waals surface area contributed by atoms with Crippen LogP contribution in [0, 0.1) is 0 Å². The van der Waals surface area contributed by atoms with Gasteiger partial charge in [-0.2, -0.15) is 0 Å². The number of carbonyl (C=O) groups excluding carboxylic acids is 1. The molecular formula is C5H7ClO2. The number of carbonyl (C=O) groups is 1. The SMILES string of the molecule is CC(=O)/C=C(/C)OCl. The van der Waals surface area contributed by atoms with Gasteiger partial charge in [0.1, 0.15) is 17.6 Å². The second kappa shape index (κ2) is 3.50. The average Bonchev–Trinajstić information content (AvgIpc) is 1.65. The molecule has 0 atom stereocenters. The molecule has 0 radical (unpaired) electrons. The summed E-state index contributed by atoms with van der Waals surface area (Å²) in [5.74, 6) is 0.349. The maximum absolute atomic E-state index is 10.2. The molecule has 0 aromatic carbocycles. The van der Waals surface area contributed by atoms with Crippen molar-refractivity contribution >= 4 is 17.6 Å². The van der Waals surface area contributed by atoms with Crippen LogP contribution in [0.15, 0.2) is 11.8 Å². The molecule has 2 nitrogen and oxygen atoms in total. The predicted octanol–water partition coefficient (Wildman–Crippen LogP) is 1.65. The van der Waals surface area contributed by atoms with Gasteiger partial charge in [-0.25, -0.2) is 0 Å². The Morgan fingerprint density at radius 3 is 2.25 bits per heavy atom. The van der Waals surface area contributed by atoms with Crippen LogP contribution in [0.1, 0.15) is 13.8 Å². The van der Waals surface area contributed by atoms with Gasteiger partial charge in [0.05, 0.1) is 0 Å². The van der Waals surface area contributed by atoms with E-state index in [1.807, 2.05) is 0 Å². The maximum atomic E-state index is 10.2. The van der Waals surface area contributed by atoms with Crippen LogP contribution in [0.4, 0.5) is 0 Å². The zero-order valence-corrected chi connectivity index (χ0v) is 5.53. The zero-order valence-electron chi connectivity index (χ0n) is 4.77. The Morgan fingerprint density at radius 1 is 1.62 bits per heavy atom. The summed E-state index contributed by atoms with van der Waals surface area (Å²) in [7, 11) is 0. The van der Waals surface area contributed by atoms with Crippen LogP contribution < -0.4 is 0 Å². The third-order valence-corrected chi connectivity index (χ3v) is 0.772. The Morgan fingerprint density at radius 2 is 2.12 bits per heavy atom. The molecule has 46 valence electrons. The second-order valence-electron chi connectivity index (χ2n) is 1.44. The summed E-state index contributed by atoms with van der Waals surface area (Å²) in [5.41, 5.74) is 0. The molecule has 0 rings (SSSR count). The summed E-state index contributed by atoms with van der Waals surface area (Å²) in [4.78, 5) is 10.2. The minimum atomic E-state index is -0.0665. The molecule has 0 aromatic heterocycles. The summed E-state index contributed by atoms with van der Waals surface area (Å²) >= 11 is 4.88. The van der Waals surface area contributed by atoms with Crippen LogP contribution in [0.25, 0.3) is 0 Å². The highest BCUT2D eigenvalue weighted by Crippen LogP contribution is 1.96. The Labute approximate surface area is 53.3 Å². The number of hydrogen-bond donors (Lipinski definition) is 0. The number of allylic oxidation sites excluding steroid dienone is 2. The molecule has 0 aliphatic carbocycles. The molecule has 3 heteroatoms. The van der Waals surface area contributed by atoms with Crippen molar-refractivity contribution in [3.8, 4) is 0 Å². The highest BCUT2D eigenvalue weighted by molar-refractivity contribution is 6.08. The first-order valence-electron chi connectivity index (χ1n) is 2.14. The minimum absolute atomic E-state index is 0.0665. The molecule has 0 heterocycles. The molecule has 0 bridgehead atoms. The summed E-state index contributed by atoms with van der Waals surface area (Å²) in [5, 5.41) is 0. The molecule has 8 heavy (non-hydrogen) atoms. The Bertz CT molecular complexity index is 118. The molecule has 0 fully saturated rings. The van der Waals surface area contributed by atoms with Crippen molar-refractivity contribution in [3.63, 3.8) is 0 Å². The lowest BCUT2D eigenvalue weighted by molar-refractivity contribution is -0.112. The van der Waals surface area contributed by atoms with E-state index in [-0.39, 0.29) is 5.78 Å². The lowest BCUT2D eigenvalue weighted by Gasteiger charge is -1.88. The summed E-state index contributed by atoms with van der Waals surface area (Å²) in [6.07, 6.45) is 1.31. The predicted molar refractivity (Wildman–Crippen MR) is 31.4 cm³/mol. The smallest absolute Gasteiger partial charge is 0.156 e. The first-order valence-corrected chi connectivity index (χ1v) is 2.45. The molecule has 0 aromatic rings. The second-order valence-corrected chi connectivity index (χ2v) is 1.60. The van der Waals surface area contributed by atoms with Gasteiger partial charge in [-0.15, -0.1) is 0 Å². The van der Waals surface area contributed by atoms with Crippen molar-refractivity contribution in [1.82, 2.24) is 0 Å². The number of rotatable bonds is 2. The maximum Gasteiger partial charge on any atom is 0.156 e. The number of ketones is 1. The van der Waals surface area contributed by atoms with Crippen LogP contribution in [0.2, 0.25) is 0 Å². The van der Waals surface area contributed by atoms with Crippen molar-refractivity contribution in [2.75, 3.05) is 0 Å². The van der Waals surface area contributed by atoms with E-state index in [4.69, 9.17) is 11.9 Å². The molecular weight excluding hydrogens is 128 g/mol. The topological polar surface area (TPSA) is 26.3 Å². The van der Waals surface area contributed by atoms with E-state index in [1.165, 1.54) is 13.0 Å². The first kappa shape index (κ1) is 7.50. The fourth-order valence-corrected chi connectivity index (χ4v) is 0.353. The first-order chi connectivity index (χ1) is 3.66. The van der Waals surface area contributed by atoms with Gasteiger partial charge in [0.25, 0.3) is 0 Å². The van der Waals surface area contributed by atoms with Crippen molar-refractivity contribution in [3.05, 3.63) is 11.8 Å². The van der Waals surface area contributed by atoms with Crippen LogP contribution >= 0.6 is 11.9 Å². The van der Waals surface area contributed by atoms with Gasteiger partial charge in [-0.05, 0) is 13.8 Å². The number of hydrogen-bond acceptors (Lipinski definition) is 2. The van der Waals surface area contributed by atoms with E-state index < -0.39 is 0 Å². The van der Waals surface area contributed by atoms with Gasteiger partial charge in [0, 0.05) is 6.08 Å². The van der Waals surface area contributed by atoms with E-state index in [2.05, 4.69) is 4.29 Å². The third-order valence-electron chi connectivity index (χ3n) is 0.528. The average molecular weight is 135 g/mol. The standard InChI is InChI=1S/C5H7ClO2/c1-4(7)3-5(2)8-6/h3H,1-2H3/b5-3-. The van der Waals surface area contributed by atoms with Gasteiger partial charge in [-0.1, -0.05) is 0 Å². The molecule has 0 aliphatic heterocycles. The normalized spacial score (nSPS) is 11.1. The minimum Gasteiger partial charge on any atom is -0.390 e. The lowest BCUT2D eigenvalue weighted by atomic mass is 10.4. The van der Waals surface area contributed by atoms with Crippen LogP contribution in [0.3, 0.4) is 0 Å². The van der Waals surface area contributed by atoms with Crippen LogP contribution in [-0.2, 0) is 9.08 Å². The van der Waals surface area contributed by atoms with Crippen molar-refractivity contribution in [1.29, 1.82) is 0 Å². The Kier molecular flexibility index (Phi) is 3.28. The van der Waals surface area contributed by atoms with Crippen LogP contribution in [-0.4, -0.2) is 5.78 Å². The molecule has 0 unspecified atom stereocenters. The van der Waals surface area contributed by atoms with Crippen molar-refractivity contribution in [2.45, 2.75) is 13.8 Å². The fourth-order valence-electron chi connectivity index (χ4n) is 0.309. The van der Waals surface area contributed by atoms with E-state index in [1.54, 1.807) is 6.92 Å². The third kappa shape index (κ3) is 3.68. The molecule has 0 saturated heterocycles. The van der Waals surface area contributed by atoms with E-state index >= 15 is 0 Å². The van der Waals surface area contributed by atoms with Crippen molar-refractivity contribution < 1.29 is 9.08 Å². The van der Waals surface area contributed by atoms with Gasteiger partial charge in [0.2, 0.25) is 0 Å². The van der Waals surface area contributed by atoms with Gasteiger partial charge in [0.15, 0.2) is 5.78 Å². The van der Waals surface area contributed by atoms with Gasteiger partial charge in [-0.3, -0.25) is 4.79 Å². The molecule has 0 amide bonds. The summed E-state index contributed by atoms with van der Waals surface area (Å²) in [6, 6.07) is 0. The highest BCUT2D eigenvalue weighted by Gasteiger charge is 1.88. The van der Waals surface area contributed by atoms with Gasteiger partial charge >= 0.3 is 0 Å². The molecule has 0 aliphatic rings. The largest absolute Gasteiger partial charge is 0.390 e. The number of halogens is 1. The molecule has 0 spiro atoms. The van der Waals surface area contributed by atoms with Crippen molar-refractivity contribution in [2.24, 2.45) is 0 Å². The highest BCUT2D eigenvalue weighted by atomic mass is 35.5. The summed E-state index contributed by atoms with van der Waals surface area (Å²) < 4.78 is 4.17. The Hall–Kier alpha value is -0.500.